The Labute approximate surface area is 225 Å². The number of nitrogens with one attached hydrogen (secondary N) is 2. The fourth-order valence-corrected chi connectivity index (χ4v) is 6.65. The maximum Gasteiger partial charge on any atom is 0.341 e. The minimum Gasteiger partial charge on any atom is -0.462 e. The lowest BCUT2D eigenvalue weighted by atomic mass is 9.96. The molecular formula is C28H32N2O5S2. The van der Waals surface area contributed by atoms with E-state index in [1.807, 2.05) is 25.1 Å². The first kappa shape index (κ1) is 27.0. The van der Waals surface area contributed by atoms with Crippen molar-refractivity contribution in [1.82, 2.24) is 0 Å². The third kappa shape index (κ3) is 6.84. The highest BCUT2D eigenvalue weighted by Crippen LogP contribution is 2.38. The van der Waals surface area contributed by atoms with Gasteiger partial charge in [0.1, 0.15) is 5.00 Å². The number of amides is 2. The number of furan rings is 1. The van der Waals surface area contributed by atoms with Crippen LogP contribution in [0.15, 0.2) is 52.0 Å². The van der Waals surface area contributed by atoms with Crippen molar-refractivity contribution in [3.8, 4) is 0 Å². The average molecular weight is 541 g/mol. The number of aryl methyl sites for hydroxylation is 1. The third-order valence-corrected chi connectivity index (χ3v) is 8.73. The van der Waals surface area contributed by atoms with Gasteiger partial charge in [-0.2, -0.15) is 0 Å². The molecule has 2 heterocycles. The number of thiophene rings is 1. The molecule has 0 bridgehead atoms. The summed E-state index contributed by atoms with van der Waals surface area (Å²) in [5.74, 6) is -0.628. The molecule has 0 aliphatic heterocycles. The predicted octanol–water partition coefficient (Wildman–Crippen LogP) is 6.94. The Bertz CT molecular complexity index is 1240. The van der Waals surface area contributed by atoms with Crippen molar-refractivity contribution in [2.24, 2.45) is 0 Å². The Kier molecular flexibility index (Phi) is 9.46. The Morgan fingerprint density at radius 2 is 1.86 bits per heavy atom. The van der Waals surface area contributed by atoms with Crippen LogP contribution in [-0.2, 0) is 22.4 Å². The number of hydrogen-bond acceptors (Lipinski definition) is 7. The lowest BCUT2D eigenvalue weighted by Gasteiger charge is -2.16. The lowest BCUT2D eigenvalue weighted by molar-refractivity contribution is -0.115. The van der Waals surface area contributed by atoms with Crippen LogP contribution < -0.4 is 10.6 Å². The number of rotatable bonds is 9. The van der Waals surface area contributed by atoms with Crippen molar-refractivity contribution in [3.63, 3.8) is 0 Å². The van der Waals surface area contributed by atoms with Crippen LogP contribution in [0.4, 0.5) is 10.7 Å². The average Bonchev–Trinajstić information content (AvgIpc) is 3.51. The molecule has 1 aromatic carbocycles. The molecule has 0 saturated heterocycles. The SMILES string of the molecule is CCOC(=O)c1c(NC(=O)C(CC)Sc2cccc(NC(=O)c3ccco3)c2)sc2c1CCCCCC2. The van der Waals surface area contributed by atoms with Gasteiger partial charge >= 0.3 is 5.97 Å². The third-order valence-electron chi connectivity index (χ3n) is 6.17. The molecule has 0 spiro atoms. The standard InChI is InChI=1S/C28H32N2O5S2/c1-3-22(36-19-12-9-11-18(17-19)29-25(31)21-14-10-16-35-21)26(32)30-27-24(28(33)34-4-2)20-13-7-5-6-8-15-23(20)37-27/h9-12,14,16-17,22H,3-8,13,15H2,1-2H3,(H,29,31)(H,30,32). The summed E-state index contributed by atoms with van der Waals surface area (Å²) in [6, 6.07) is 10.6. The number of esters is 1. The van der Waals surface area contributed by atoms with Gasteiger partial charge in [0, 0.05) is 15.5 Å². The van der Waals surface area contributed by atoms with Crippen LogP contribution in [-0.4, -0.2) is 29.6 Å². The molecule has 0 fully saturated rings. The molecule has 4 rings (SSSR count). The van der Waals surface area contributed by atoms with E-state index in [1.165, 1.54) is 40.7 Å². The minimum atomic E-state index is -0.379. The van der Waals surface area contributed by atoms with Crippen LogP contribution in [0.3, 0.4) is 0 Å². The van der Waals surface area contributed by atoms with Gasteiger partial charge in [0.2, 0.25) is 5.91 Å². The number of carbonyl (C=O) groups is 3. The van der Waals surface area contributed by atoms with E-state index in [0.717, 1.165) is 42.6 Å². The van der Waals surface area contributed by atoms with Gasteiger partial charge < -0.3 is 19.8 Å². The molecular weight excluding hydrogens is 508 g/mol. The van der Waals surface area contributed by atoms with Gasteiger partial charge in [-0.25, -0.2) is 4.79 Å². The van der Waals surface area contributed by atoms with Crippen molar-refractivity contribution in [3.05, 3.63) is 64.4 Å². The number of hydrogen-bond donors (Lipinski definition) is 2. The number of benzene rings is 1. The molecule has 3 aromatic rings. The molecule has 1 unspecified atom stereocenters. The predicted molar refractivity (Wildman–Crippen MR) is 148 cm³/mol. The first-order valence-electron chi connectivity index (χ1n) is 12.7. The number of carbonyl (C=O) groups excluding carboxylic acids is 3. The van der Waals surface area contributed by atoms with Crippen LogP contribution >= 0.6 is 23.1 Å². The fourth-order valence-electron chi connectivity index (χ4n) is 4.35. The van der Waals surface area contributed by atoms with E-state index in [0.29, 0.717) is 22.7 Å². The normalized spacial score (nSPS) is 14.1. The van der Waals surface area contributed by atoms with E-state index in [1.54, 1.807) is 25.1 Å². The largest absolute Gasteiger partial charge is 0.462 e. The van der Waals surface area contributed by atoms with E-state index in [9.17, 15) is 14.4 Å². The molecule has 2 aromatic heterocycles. The van der Waals surface area contributed by atoms with Crippen molar-refractivity contribution in [2.45, 2.75) is 68.9 Å². The highest BCUT2D eigenvalue weighted by molar-refractivity contribution is 8.00. The van der Waals surface area contributed by atoms with E-state index in [-0.39, 0.29) is 35.4 Å². The molecule has 0 radical (unpaired) electrons. The van der Waals surface area contributed by atoms with E-state index in [2.05, 4.69) is 10.6 Å². The number of thioether (sulfide) groups is 1. The zero-order valence-electron chi connectivity index (χ0n) is 21.1. The Hall–Kier alpha value is -3.04. The maximum atomic E-state index is 13.4. The van der Waals surface area contributed by atoms with E-state index < -0.39 is 0 Å². The van der Waals surface area contributed by atoms with Crippen LogP contribution in [0.1, 0.15) is 77.3 Å². The molecule has 2 N–H and O–H groups in total. The van der Waals surface area contributed by atoms with Crippen molar-refractivity contribution >= 4 is 51.6 Å². The van der Waals surface area contributed by atoms with Gasteiger partial charge in [0.25, 0.3) is 5.91 Å². The topological polar surface area (TPSA) is 97.6 Å². The Morgan fingerprint density at radius 1 is 1.05 bits per heavy atom. The number of anilines is 2. The summed E-state index contributed by atoms with van der Waals surface area (Å²) in [7, 11) is 0. The van der Waals surface area contributed by atoms with Gasteiger partial charge in [-0.1, -0.05) is 25.8 Å². The van der Waals surface area contributed by atoms with Crippen LogP contribution in [0.2, 0.25) is 0 Å². The summed E-state index contributed by atoms with van der Waals surface area (Å²) in [6.45, 7) is 4.04. The molecule has 7 nitrogen and oxygen atoms in total. The smallest absolute Gasteiger partial charge is 0.341 e. The highest BCUT2D eigenvalue weighted by atomic mass is 32.2. The Morgan fingerprint density at radius 3 is 2.59 bits per heavy atom. The zero-order chi connectivity index (χ0) is 26.2. The molecule has 9 heteroatoms. The summed E-state index contributed by atoms with van der Waals surface area (Å²) in [4.78, 5) is 40.6. The number of ether oxygens (including phenoxy) is 1. The quantitative estimate of drug-likeness (QED) is 0.225. The summed E-state index contributed by atoms with van der Waals surface area (Å²) >= 11 is 2.93. The zero-order valence-corrected chi connectivity index (χ0v) is 22.8. The van der Waals surface area contributed by atoms with Crippen molar-refractivity contribution in [1.29, 1.82) is 0 Å². The van der Waals surface area contributed by atoms with Gasteiger partial charge in [-0.15, -0.1) is 23.1 Å². The number of fused-ring (bicyclic) bond motifs is 1. The van der Waals surface area contributed by atoms with Crippen molar-refractivity contribution in [2.75, 3.05) is 17.2 Å². The van der Waals surface area contributed by atoms with Gasteiger partial charge in [0.15, 0.2) is 5.76 Å². The van der Waals surface area contributed by atoms with Crippen LogP contribution in [0, 0.1) is 0 Å². The highest BCUT2D eigenvalue weighted by Gasteiger charge is 2.28. The molecule has 0 saturated carbocycles. The van der Waals surface area contributed by atoms with Gasteiger partial charge in [-0.05, 0) is 74.9 Å². The monoisotopic (exact) mass is 540 g/mol. The molecule has 1 aliphatic rings. The second-order valence-electron chi connectivity index (χ2n) is 8.81. The van der Waals surface area contributed by atoms with Gasteiger partial charge in [0.05, 0.1) is 23.7 Å². The minimum absolute atomic E-state index is 0.155. The summed E-state index contributed by atoms with van der Waals surface area (Å²) in [5, 5.41) is 6.09. The first-order chi connectivity index (χ1) is 18.0. The second kappa shape index (κ2) is 13.0. The maximum absolute atomic E-state index is 13.4. The molecule has 2 amide bonds. The van der Waals surface area contributed by atoms with Crippen molar-refractivity contribution < 1.29 is 23.5 Å². The first-order valence-corrected chi connectivity index (χ1v) is 14.4. The molecule has 196 valence electrons. The summed E-state index contributed by atoms with van der Waals surface area (Å²) in [5.41, 5.74) is 2.18. The lowest BCUT2D eigenvalue weighted by Crippen LogP contribution is -2.25. The molecule has 1 atom stereocenters. The molecule has 37 heavy (non-hydrogen) atoms. The van der Waals surface area contributed by atoms with E-state index >= 15 is 0 Å². The van der Waals surface area contributed by atoms with Crippen LogP contribution in [0.5, 0.6) is 0 Å². The summed E-state index contributed by atoms with van der Waals surface area (Å²) < 4.78 is 10.5. The second-order valence-corrected chi connectivity index (χ2v) is 11.2. The van der Waals surface area contributed by atoms with Crippen LogP contribution in [0.25, 0.3) is 0 Å². The summed E-state index contributed by atoms with van der Waals surface area (Å²) in [6.07, 6.45) is 8.25. The molecule has 1 aliphatic carbocycles. The van der Waals surface area contributed by atoms with Gasteiger partial charge in [-0.3, -0.25) is 9.59 Å². The Balaban J connectivity index is 1.50. The fraction of sp³-hybridized carbons (Fsp3) is 0.393. The van der Waals surface area contributed by atoms with E-state index in [4.69, 9.17) is 9.15 Å².